The van der Waals surface area contributed by atoms with Crippen molar-refractivity contribution >= 4 is 47.0 Å². The number of amides is 6. The lowest BCUT2D eigenvalue weighted by molar-refractivity contribution is -0.136. The van der Waals surface area contributed by atoms with Crippen molar-refractivity contribution in [3.8, 4) is 11.3 Å². The number of anilines is 3. The first-order chi connectivity index (χ1) is 30.5. The van der Waals surface area contributed by atoms with Gasteiger partial charge in [0.1, 0.15) is 6.04 Å². The number of imide groups is 2. The number of carbonyl (C=O) groups excluding carboxylic acids is 5. The topological polar surface area (TPSA) is 169 Å². The van der Waals surface area contributed by atoms with E-state index in [1.807, 2.05) is 45.0 Å². The van der Waals surface area contributed by atoms with Crippen molar-refractivity contribution in [3.63, 3.8) is 0 Å². The number of aryl methyl sites for hydroxylation is 1. The molecule has 63 heavy (non-hydrogen) atoms. The summed E-state index contributed by atoms with van der Waals surface area (Å²) in [5.41, 5.74) is 7.72. The van der Waals surface area contributed by atoms with Gasteiger partial charge in [0.05, 0.1) is 42.1 Å². The Morgan fingerprint density at radius 1 is 0.857 bits per heavy atom. The Hall–Kier alpha value is -6.19. The molecule has 0 saturated carbocycles. The molecule has 9 rings (SSSR count). The predicted octanol–water partition coefficient (Wildman–Crippen LogP) is 5.76. The lowest BCUT2D eigenvalue weighted by atomic mass is 9.88. The van der Waals surface area contributed by atoms with E-state index in [9.17, 15) is 24.0 Å². The summed E-state index contributed by atoms with van der Waals surface area (Å²) in [6.45, 7) is 11.6. The Labute approximate surface area is 367 Å². The molecule has 6 heterocycles. The van der Waals surface area contributed by atoms with Crippen LogP contribution in [0.1, 0.15) is 95.7 Å². The second-order valence-electron chi connectivity index (χ2n) is 17.7. The van der Waals surface area contributed by atoms with Crippen LogP contribution < -0.4 is 20.9 Å². The maximum absolute atomic E-state index is 13.4. The average molecular weight is 854 g/mol. The summed E-state index contributed by atoms with van der Waals surface area (Å²) in [7, 11) is 0. The number of carbonyl (C=O) groups is 5. The minimum Gasteiger partial charge on any atom is -0.372 e. The van der Waals surface area contributed by atoms with E-state index in [-0.39, 0.29) is 37.0 Å². The number of fused-ring (bicyclic) bond motifs is 1. The Kier molecular flexibility index (Phi) is 12.0. The van der Waals surface area contributed by atoms with E-state index in [1.165, 1.54) is 5.56 Å². The molecule has 0 radical (unpaired) electrons. The number of hydrogen-bond donors (Lipinski definition) is 3. The van der Waals surface area contributed by atoms with E-state index < -0.39 is 23.8 Å². The van der Waals surface area contributed by atoms with Crippen LogP contribution in [0.15, 0.2) is 72.9 Å². The Bertz CT molecular complexity index is 2400. The fourth-order valence-electron chi connectivity index (χ4n) is 9.70. The number of nitrogens with one attached hydrogen (secondary N) is 3. The summed E-state index contributed by atoms with van der Waals surface area (Å²) in [5, 5.41) is 8.68. The van der Waals surface area contributed by atoms with Crippen LogP contribution in [0.2, 0.25) is 0 Å². The van der Waals surface area contributed by atoms with E-state index in [1.54, 1.807) is 23.2 Å². The number of benzene rings is 3. The highest BCUT2D eigenvalue weighted by molar-refractivity contribution is 6.23. The molecular formula is C48H55N9O6. The second-order valence-corrected chi connectivity index (χ2v) is 17.7. The van der Waals surface area contributed by atoms with Crippen LogP contribution in [0.3, 0.4) is 0 Å². The summed E-state index contributed by atoms with van der Waals surface area (Å²) >= 11 is 0. The molecule has 5 aliphatic rings. The van der Waals surface area contributed by atoms with Crippen LogP contribution in [-0.2, 0) is 20.9 Å². The molecule has 0 aliphatic carbocycles. The van der Waals surface area contributed by atoms with E-state index in [2.05, 4.69) is 61.1 Å². The summed E-state index contributed by atoms with van der Waals surface area (Å²) in [5.74, 6) is -0.921. The molecule has 15 heteroatoms. The van der Waals surface area contributed by atoms with E-state index in [0.29, 0.717) is 48.7 Å². The van der Waals surface area contributed by atoms with Crippen LogP contribution >= 0.6 is 0 Å². The minimum atomic E-state index is -0.967. The van der Waals surface area contributed by atoms with Gasteiger partial charge >= 0.3 is 6.03 Å². The highest BCUT2D eigenvalue weighted by Crippen LogP contribution is 2.35. The fraction of sp³-hybridized carbons (Fsp3) is 0.438. The Morgan fingerprint density at radius 2 is 1.60 bits per heavy atom. The zero-order valence-electron chi connectivity index (χ0n) is 36.1. The van der Waals surface area contributed by atoms with Gasteiger partial charge in [-0.15, -0.1) is 0 Å². The highest BCUT2D eigenvalue weighted by Gasteiger charge is 2.45. The maximum atomic E-state index is 13.4. The molecule has 3 N–H and O–H groups in total. The molecule has 15 nitrogen and oxygen atoms in total. The normalized spacial score (nSPS) is 20.3. The lowest BCUT2D eigenvalue weighted by Gasteiger charge is -2.42. The summed E-state index contributed by atoms with van der Waals surface area (Å²) in [6, 6.07) is 21.6. The Morgan fingerprint density at radius 3 is 2.32 bits per heavy atom. The number of aromatic nitrogens is 2. The summed E-state index contributed by atoms with van der Waals surface area (Å²) < 4.78 is 5.77. The second kappa shape index (κ2) is 17.9. The van der Waals surface area contributed by atoms with Gasteiger partial charge in [0, 0.05) is 55.2 Å². The highest BCUT2D eigenvalue weighted by atomic mass is 16.5. The Balaban J connectivity index is 0.728. The zero-order valence-corrected chi connectivity index (χ0v) is 36.1. The summed E-state index contributed by atoms with van der Waals surface area (Å²) in [4.78, 5) is 80.3. The van der Waals surface area contributed by atoms with Crippen molar-refractivity contribution in [1.29, 1.82) is 0 Å². The molecule has 4 aromatic rings. The molecule has 1 unspecified atom stereocenters. The molecule has 6 amide bonds. The van der Waals surface area contributed by atoms with Gasteiger partial charge in [0.15, 0.2) is 0 Å². The first-order valence-corrected chi connectivity index (χ1v) is 22.3. The molecule has 3 aromatic carbocycles. The number of likely N-dealkylation sites (tertiary alicyclic amines) is 2. The van der Waals surface area contributed by atoms with Crippen LogP contribution in [0, 0.1) is 6.92 Å². The molecule has 4 saturated heterocycles. The third-order valence-corrected chi connectivity index (χ3v) is 13.3. The van der Waals surface area contributed by atoms with E-state index in [4.69, 9.17) is 9.72 Å². The van der Waals surface area contributed by atoms with Gasteiger partial charge in [0.2, 0.25) is 17.8 Å². The maximum Gasteiger partial charge on any atom is 0.317 e. The van der Waals surface area contributed by atoms with Gasteiger partial charge < -0.3 is 30.1 Å². The van der Waals surface area contributed by atoms with Crippen LogP contribution in [0.25, 0.3) is 11.3 Å². The fourth-order valence-corrected chi connectivity index (χ4v) is 9.70. The SMILES string of the molecule is Cc1cc(-c2ccnc(Nc3ccc(C4CCN(C5CCN(c6ccc7c(c6)C(=O)N(C6CCC(=O)NC6=O)C7=O)CC5)CC4)cc3)n2)ccc1CNC(=O)N1CC(OC(C)C)C1. The van der Waals surface area contributed by atoms with Crippen molar-refractivity contribution in [1.82, 2.24) is 35.3 Å². The number of rotatable bonds is 11. The number of urea groups is 1. The number of piperidine rings is 3. The first-order valence-electron chi connectivity index (χ1n) is 22.3. The van der Waals surface area contributed by atoms with Crippen LogP contribution in [0.4, 0.5) is 22.1 Å². The largest absolute Gasteiger partial charge is 0.372 e. The van der Waals surface area contributed by atoms with Gasteiger partial charge in [0.25, 0.3) is 11.8 Å². The molecule has 328 valence electrons. The smallest absolute Gasteiger partial charge is 0.317 e. The quantitative estimate of drug-likeness (QED) is 0.157. The molecule has 0 spiro atoms. The molecule has 1 atom stereocenters. The van der Waals surface area contributed by atoms with Crippen molar-refractivity contribution in [3.05, 3.63) is 101 Å². The summed E-state index contributed by atoms with van der Waals surface area (Å²) in [6.07, 6.45) is 6.50. The first kappa shape index (κ1) is 42.1. The van der Waals surface area contributed by atoms with Crippen LogP contribution in [-0.4, -0.2) is 118 Å². The van der Waals surface area contributed by atoms with Gasteiger partial charge in [-0.1, -0.05) is 24.3 Å². The van der Waals surface area contributed by atoms with Gasteiger partial charge in [-0.3, -0.25) is 29.4 Å². The van der Waals surface area contributed by atoms with Crippen molar-refractivity contribution in [2.45, 2.75) is 96.1 Å². The standard InChI is InChI=1S/C48H55N9O6/c1-29(2)63-38-27-56(28-38)48(62)50-26-34-5-4-33(24-30(34)3)41-14-19-49-47(52-41)51-35-8-6-31(7-9-35)32-15-20-54(21-16-32)36-17-22-55(23-18-36)37-10-11-39-40(25-37)46(61)57(45(39)60)42-12-13-43(58)53-44(42)59/h4-11,14,19,24-25,29,32,36,38,42H,12-13,15-18,20-23,26-28H2,1-3H3,(H,50,62)(H,49,51,52)(H,53,58,59). The number of hydrogen-bond acceptors (Lipinski definition) is 11. The third-order valence-electron chi connectivity index (χ3n) is 13.3. The average Bonchev–Trinajstić information content (AvgIpc) is 3.52. The molecular weight excluding hydrogens is 799 g/mol. The molecule has 1 aromatic heterocycles. The van der Waals surface area contributed by atoms with Crippen LogP contribution in [0.5, 0.6) is 0 Å². The minimum absolute atomic E-state index is 0.0714. The van der Waals surface area contributed by atoms with Gasteiger partial charge in [-0.05, 0) is 131 Å². The van der Waals surface area contributed by atoms with Crippen molar-refractivity contribution in [2.75, 3.05) is 49.5 Å². The predicted molar refractivity (Wildman–Crippen MR) is 238 cm³/mol. The number of nitrogens with zero attached hydrogens (tertiary/aromatic N) is 6. The lowest BCUT2D eigenvalue weighted by Crippen LogP contribution is -2.58. The third kappa shape index (κ3) is 9.03. The zero-order chi connectivity index (χ0) is 43.8. The van der Waals surface area contributed by atoms with Crippen molar-refractivity contribution < 1.29 is 28.7 Å². The van der Waals surface area contributed by atoms with E-state index in [0.717, 1.165) is 90.5 Å². The van der Waals surface area contributed by atoms with E-state index >= 15 is 0 Å². The van der Waals surface area contributed by atoms with Gasteiger partial charge in [-0.25, -0.2) is 14.8 Å². The molecule has 4 fully saturated rings. The molecule has 5 aliphatic heterocycles. The monoisotopic (exact) mass is 853 g/mol. The van der Waals surface area contributed by atoms with Gasteiger partial charge in [-0.2, -0.15) is 0 Å². The number of ether oxygens (including phenoxy) is 1. The van der Waals surface area contributed by atoms with Crippen molar-refractivity contribution in [2.24, 2.45) is 0 Å². The molecule has 0 bridgehead atoms.